The van der Waals surface area contributed by atoms with Gasteiger partial charge in [0.2, 0.25) is 8.32 Å². The molecule has 0 bridgehead atoms. The van der Waals surface area contributed by atoms with Crippen LogP contribution in [0.2, 0.25) is 16.6 Å². The lowest BCUT2D eigenvalue weighted by atomic mass is 9.99. The van der Waals surface area contributed by atoms with E-state index in [0.717, 1.165) is 25.7 Å². The van der Waals surface area contributed by atoms with Crippen molar-refractivity contribution in [1.82, 2.24) is 0 Å². The minimum Gasteiger partial charge on any atom is -0.413 e. The first-order valence-corrected chi connectivity index (χ1v) is 10.6. The first-order chi connectivity index (χ1) is 9.30. The lowest BCUT2D eigenvalue weighted by Gasteiger charge is -2.45. The highest BCUT2D eigenvalue weighted by Gasteiger charge is 2.51. The molecular weight excluding hydrogens is 264 g/mol. The summed E-state index contributed by atoms with van der Waals surface area (Å²) in [5, 5.41) is 0. The van der Waals surface area contributed by atoms with Crippen LogP contribution in [-0.4, -0.2) is 20.2 Å². The molecule has 0 aliphatic heterocycles. The number of ketones is 1. The van der Waals surface area contributed by atoms with Crippen LogP contribution in [0.4, 0.5) is 0 Å². The van der Waals surface area contributed by atoms with Gasteiger partial charge in [0.05, 0.1) is 0 Å². The third-order valence-corrected chi connectivity index (χ3v) is 12.1. The van der Waals surface area contributed by atoms with E-state index in [-0.39, 0.29) is 0 Å². The molecule has 0 radical (unpaired) electrons. The van der Waals surface area contributed by atoms with Gasteiger partial charge in [-0.25, -0.2) is 0 Å². The van der Waals surface area contributed by atoms with Crippen LogP contribution >= 0.6 is 0 Å². The van der Waals surface area contributed by atoms with E-state index in [2.05, 4.69) is 41.5 Å². The van der Waals surface area contributed by atoms with Gasteiger partial charge in [-0.3, -0.25) is 4.79 Å². The lowest BCUT2D eigenvalue weighted by molar-refractivity contribution is -0.121. The summed E-state index contributed by atoms with van der Waals surface area (Å²) in [4.78, 5) is 11.9. The predicted octanol–water partition coefficient (Wildman–Crippen LogP) is 4.94. The number of fused-ring (bicyclic) bond motifs is 1. The molecule has 3 atom stereocenters. The van der Waals surface area contributed by atoms with Crippen molar-refractivity contribution >= 4 is 14.1 Å². The Bertz CT molecular complexity index is 340. The fourth-order valence-corrected chi connectivity index (χ4v) is 10.8. The van der Waals surface area contributed by atoms with Crippen molar-refractivity contribution in [2.45, 2.75) is 90.0 Å². The van der Waals surface area contributed by atoms with Crippen LogP contribution < -0.4 is 0 Å². The number of carbonyl (C=O) groups is 1. The molecule has 116 valence electrons. The third kappa shape index (κ3) is 2.52. The summed E-state index contributed by atoms with van der Waals surface area (Å²) >= 11 is 0. The number of rotatable bonds is 5. The average molecular weight is 297 g/mol. The molecule has 0 unspecified atom stereocenters. The average Bonchev–Trinajstić information content (AvgIpc) is 2.89. The zero-order valence-electron chi connectivity index (χ0n) is 14.1. The summed E-state index contributed by atoms with van der Waals surface area (Å²) in [7, 11) is -1.79. The quantitative estimate of drug-likeness (QED) is 0.672. The Labute approximate surface area is 125 Å². The Morgan fingerprint density at radius 3 is 2.00 bits per heavy atom. The minimum atomic E-state index is -1.79. The van der Waals surface area contributed by atoms with Gasteiger partial charge in [-0.05, 0) is 41.8 Å². The number of hydrogen-bond acceptors (Lipinski definition) is 2. The van der Waals surface area contributed by atoms with E-state index < -0.39 is 8.32 Å². The van der Waals surface area contributed by atoms with Crippen LogP contribution in [0.25, 0.3) is 0 Å². The standard InChI is InChI=1S/C17H32O2Si/c1-11(2)20(12(3)4,13(5)6)19-17-10-8-14-15(17)7-9-16(14)18/h11-15,17H,7-10H2,1-6H3/t14-,15-,17+/m1/s1. The molecule has 0 aromatic carbocycles. The summed E-state index contributed by atoms with van der Waals surface area (Å²) in [6.07, 6.45) is 4.43. The summed E-state index contributed by atoms with van der Waals surface area (Å²) in [5.74, 6) is 1.37. The van der Waals surface area contributed by atoms with Gasteiger partial charge < -0.3 is 4.43 Å². The van der Waals surface area contributed by atoms with E-state index in [1.54, 1.807) is 0 Å². The van der Waals surface area contributed by atoms with Gasteiger partial charge in [0, 0.05) is 18.4 Å². The molecule has 0 aromatic rings. The molecule has 3 heteroatoms. The van der Waals surface area contributed by atoms with Crippen molar-refractivity contribution in [2.75, 3.05) is 0 Å². The van der Waals surface area contributed by atoms with Gasteiger partial charge in [-0.2, -0.15) is 0 Å². The molecule has 0 spiro atoms. The molecule has 0 aromatic heterocycles. The fourth-order valence-electron chi connectivity index (χ4n) is 5.13. The summed E-state index contributed by atoms with van der Waals surface area (Å²) in [5.41, 5.74) is 1.91. The molecule has 0 heterocycles. The maximum Gasteiger partial charge on any atom is 0.200 e. The van der Waals surface area contributed by atoms with Crippen LogP contribution in [-0.2, 0) is 9.22 Å². The van der Waals surface area contributed by atoms with Gasteiger partial charge in [0.1, 0.15) is 5.78 Å². The van der Waals surface area contributed by atoms with Crippen LogP contribution in [0.5, 0.6) is 0 Å². The van der Waals surface area contributed by atoms with E-state index in [1.165, 1.54) is 0 Å². The van der Waals surface area contributed by atoms with Crippen LogP contribution in [0, 0.1) is 11.8 Å². The highest BCUT2D eigenvalue weighted by atomic mass is 28.4. The molecule has 0 N–H and O–H groups in total. The smallest absolute Gasteiger partial charge is 0.200 e. The van der Waals surface area contributed by atoms with Crippen molar-refractivity contribution in [2.24, 2.45) is 11.8 Å². The molecule has 2 aliphatic carbocycles. The first-order valence-electron chi connectivity index (χ1n) is 8.51. The van der Waals surface area contributed by atoms with E-state index >= 15 is 0 Å². The first kappa shape index (κ1) is 16.2. The van der Waals surface area contributed by atoms with Crippen molar-refractivity contribution in [3.05, 3.63) is 0 Å². The maximum atomic E-state index is 11.9. The molecule has 2 saturated carbocycles. The zero-order valence-corrected chi connectivity index (χ0v) is 15.1. The second-order valence-electron chi connectivity index (χ2n) is 7.83. The second-order valence-corrected chi connectivity index (χ2v) is 13.2. The van der Waals surface area contributed by atoms with Crippen molar-refractivity contribution in [3.63, 3.8) is 0 Å². The highest BCUT2D eigenvalue weighted by Crippen LogP contribution is 2.49. The van der Waals surface area contributed by atoms with E-state index in [0.29, 0.717) is 40.3 Å². The molecule has 2 rings (SSSR count). The normalized spacial score (nSPS) is 30.9. The van der Waals surface area contributed by atoms with E-state index in [1.807, 2.05) is 0 Å². The van der Waals surface area contributed by atoms with Crippen molar-refractivity contribution < 1.29 is 9.22 Å². The molecule has 2 nitrogen and oxygen atoms in total. The Kier molecular flexibility index (Phi) is 4.80. The van der Waals surface area contributed by atoms with E-state index in [4.69, 9.17) is 4.43 Å². The van der Waals surface area contributed by atoms with Crippen LogP contribution in [0.3, 0.4) is 0 Å². The fraction of sp³-hybridized carbons (Fsp3) is 0.941. The summed E-state index contributed by atoms with van der Waals surface area (Å²) in [6.45, 7) is 14.1. The van der Waals surface area contributed by atoms with E-state index in [9.17, 15) is 4.79 Å². The zero-order chi connectivity index (χ0) is 15.1. The molecule has 0 saturated heterocycles. The van der Waals surface area contributed by atoms with Gasteiger partial charge in [-0.1, -0.05) is 41.5 Å². The third-order valence-electron chi connectivity index (χ3n) is 5.96. The lowest BCUT2D eigenvalue weighted by Crippen LogP contribution is -2.50. The van der Waals surface area contributed by atoms with Gasteiger partial charge in [0.15, 0.2) is 0 Å². The second kappa shape index (κ2) is 5.92. The molecule has 0 amide bonds. The Morgan fingerprint density at radius 2 is 1.50 bits per heavy atom. The monoisotopic (exact) mass is 296 g/mol. The number of carbonyl (C=O) groups excluding carboxylic acids is 1. The molecule has 2 aliphatic rings. The molecule has 20 heavy (non-hydrogen) atoms. The topological polar surface area (TPSA) is 26.3 Å². The number of hydrogen-bond donors (Lipinski definition) is 0. The summed E-state index contributed by atoms with van der Waals surface area (Å²) in [6, 6.07) is 0. The SMILES string of the molecule is CC(C)[Si](O[C@H]1CC[C@H]2C(=O)CC[C@@H]12)(C(C)C)C(C)C. The maximum absolute atomic E-state index is 11.9. The molecular formula is C17H32O2Si. The Morgan fingerprint density at radius 1 is 0.950 bits per heavy atom. The van der Waals surface area contributed by atoms with Gasteiger partial charge >= 0.3 is 0 Å². The van der Waals surface area contributed by atoms with Gasteiger partial charge in [-0.15, -0.1) is 0 Å². The largest absolute Gasteiger partial charge is 0.413 e. The van der Waals surface area contributed by atoms with Crippen molar-refractivity contribution in [3.8, 4) is 0 Å². The Balaban J connectivity index is 2.19. The Hall–Kier alpha value is -0.153. The molecule has 2 fully saturated rings. The van der Waals surface area contributed by atoms with Crippen LogP contribution in [0.15, 0.2) is 0 Å². The minimum absolute atomic E-state index is 0.332. The van der Waals surface area contributed by atoms with Crippen LogP contribution in [0.1, 0.15) is 67.2 Å². The predicted molar refractivity (Wildman–Crippen MR) is 86.4 cm³/mol. The highest BCUT2D eigenvalue weighted by molar-refractivity contribution is 6.77. The number of Topliss-reactive ketones (excluding diaryl/α,β-unsaturated/α-hetero) is 1. The van der Waals surface area contributed by atoms with Crippen molar-refractivity contribution in [1.29, 1.82) is 0 Å². The summed E-state index contributed by atoms with van der Waals surface area (Å²) < 4.78 is 6.93. The van der Waals surface area contributed by atoms with Gasteiger partial charge in [0.25, 0.3) is 0 Å².